The summed E-state index contributed by atoms with van der Waals surface area (Å²) in [6.45, 7) is 5.29. The molecular formula is C17H20N2O2. The molecule has 1 fully saturated rings. The molecule has 4 rings (SSSR count). The summed E-state index contributed by atoms with van der Waals surface area (Å²) in [5.41, 5.74) is 3.51. The zero-order valence-electron chi connectivity index (χ0n) is 12.4. The molecule has 21 heavy (non-hydrogen) atoms. The molecule has 1 aromatic carbocycles. The molecular weight excluding hydrogens is 264 g/mol. The normalized spacial score (nSPS) is 32.2. The fraction of sp³-hybridized carbons (Fsp3) is 0.471. The largest absolute Gasteiger partial charge is 0.478 e. The lowest BCUT2D eigenvalue weighted by molar-refractivity contribution is -0.133. The maximum absolute atomic E-state index is 11.8. The fourth-order valence-corrected chi connectivity index (χ4v) is 4.77. The third kappa shape index (κ3) is 1.46. The summed E-state index contributed by atoms with van der Waals surface area (Å²) in [5, 5.41) is 16.8. The molecule has 2 aliphatic heterocycles. The van der Waals surface area contributed by atoms with Crippen LogP contribution in [0.25, 0.3) is 0 Å². The molecule has 0 bridgehead atoms. The van der Waals surface area contributed by atoms with E-state index in [-0.39, 0.29) is 16.9 Å². The number of rotatable bonds is 1. The first-order valence-corrected chi connectivity index (χ1v) is 7.54. The number of carbonyl (C=O) groups is 1. The molecule has 110 valence electrons. The van der Waals surface area contributed by atoms with Crippen molar-refractivity contribution in [1.82, 2.24) is 5.32 Å². The van der Waals surface area contributed by atoms with Crippen LogP contribution in [0.15, 0.2) is 35.5 Å². The Kier molecular flexibility index (Phi) is 2.39. The van der Waals surface area contributed by atoms with Gasteiger partial charge in [0.1, 0.15) is 0 Å². The van der Waals surface area contributed by atoms with Crippen LogP contribution in [-0.4, -0.2) is 23.7 Å². The Bertz CT molecular complexity index is 677. The zero-order valence-corrected chi connectivity index (χ0v) is 12.4. The number of fused-ring (bicyclic) bond motifs is 1. The molecule has 1 spiro atoms. The second kappa shape index (κ2) is 3.89. The molecule has 4 nitrogen and oxygen atoms in total. The van der Waals surface area contributed by atoms with Crippen LogP contribution in [0.5, 0.6) is 0 Å². The van der Waals surface area contributed by atoms with Gasteiger partial charge in [0.2, 0.25) is 0 Å². The highest BCUT2D eigenvalue weighted by Gasteiger charge is 2.60. The van der Waals surface area contributed by atoms with Gasteiger partial charge in [0.15, 0.2) is 0 Å². The minimum Gasteiger partial charge on any atom is -0.478 e. The van der Waals surface area contributed by atoms with Crippen LogP contribution in [0.1, 0.15) is 32.3 Å². The van der Waals surface area contributed by atoms with Gasteiger partial charge in [-0.1, -0.05) is 32.0 Å². The average Bonchev–Trinajstić information content (AvgIpc) is 3.01. The Hall–Kier alpha value is -1.81. The Morgan fingerprint density at radius 3 is 2.86 bits per heavy atom. The topological polar surface area (TPSA) is 61.4 Å². The van der Waals surface area contributed by atoms with Crippen LogP contribution in [-0.2, 0) is 10.2 Å². The maximum atomic E-state index is 11.8. The van der Waals surface area contributed by atoms with Crippen molar-refractivity contribution in [3.05, 3.63) is 41.1 Å². The van der Waals surface area contributed by atoms with Crippen LogP contribution in [0.4, 0.5) is 5.69 Å². The van der Waals surface area contributed by atoms with Gasteiger partial charge in [0.05, 0.1) is 11.0 Å². The summed E-state index contributed by atoms with van der Waals surface area (Å²) >= 11 is 0. The molecule has 3 aliphatic rings. The van der Waals surface area contributed by atoms with Crippen molar-refractivity contribution in [3.8, 4) is 0 Å². The van der Waals surface area contributed by atoms with E-state index in [1.165, 1.54) is 5.56 Å². The van der Waals surface area contributed by atoms with E-state index in [0.717, 1.165) is 24.4 Å². The molecule has 0 amide bonds. The number of benzene rings is 1. The highest BCUT2D eigenvalue weighted by Crippen LogP contribution is 2.59. The summed E-state index contributed by atoms with van der Waals surface area (Å²) < 4.78 is 0. The number of carboxylic acids is 1. The zero-order chi connectivity index (χ0) is 14.8. The lowest BCUT2D eigenvalue weighted by Gasteiger charge is -2.47. The Labute approximate surface area is 124 Å². The van der Waals surface area contributed by atoms with Gasteiger partial charge >= 0.3 is 5.97 Å². The molecule has 2 heterocycles. The predicted molar refractivity (Wildman–Crippen MR) is 81.2 cm³/mol. The summed E-state index contributed by atoms with van der Waals surface area (Å²) in [7, 11) is 0. The van der Waals surface area contributed by atoms with Gasteiger partial charge in [0, 0.05) is 17.4 Å². The van der Waals surface area contributed by atoms with E-state index >= 15 is 0 Å². The molecule has 1 aliphatic carbocycles. The number of carboxylic acid groups (broad SMARTS) is 1. The monoisotopic (exact) mass is 284 g/mol. The number of hydrogen-bond acceptors (Lipinski definition) is 3. The second-order valence-electron chi connectivity index (χ2n) is 7.10. The van der Waals surface area contributed by atoms with E-state index in [9.17, 15) is 9.90 Å². The van der Waals surface area contributed by atoms with Gasteiger partial charge in [-0.25, -0.2) is 4.79 Å². The van der Waals surface area contributed by atoms with E-state index < -0.39 is 5.97 Å². The molecule has 4 heteroatoms. The first-order chi connectivity index (χ1) is 9.97. The average molecular weight is 284 g/mol. The van der Waals surface area contributed by atoms with E-state index in [4.69, 9.17) is 0 Å². The first kappa shape index (κ1) is 12.9. The standard InChI is InChI=1S/C17H20N2O2/c1-16(2)9-10(14(20)21)13-17(7-8-18-15(16)17)11-5-3-4-6-12(11)19-13/h3-6,15,18-19H,7-9H2,1-2H3,(H,20,21). The quantitative estimate of drug-likeness (QED) is 0.741. The predicted octanol–water partition coefficient (Wildman–Crippen LogP) is 2.48. The van der Waals surface area contributed by atoms with Crippen molar-refractivity contribution in [2.75, 3.05) is 11.9 Å². The molecule has 0 aromatic heterocycles. The number of hydrogen-bond donors (Lipinski definition) is 3. The van der Waals surface area contributed by atoms with Gasteiger partial charge in [-0.3, -0.25) is 0 Å². The van der Waals surface area contributed by atoms with Gasteiger partial charge in [0.25, 0.3) is 0 Å². The lowest BCUT2D eigenvalue weighted by Crippen LogP contribution is -2.54. The van der Waals surface area contributed by atoms with Crippen molar-refractivity contribution in [2.24, 2.45) is 5.41 Å². The second-order valence-corrected chi connectivity index (χ2v) is 7.10. The van der Waals surface area contributed by atoms with Crippen molar-refractivity contribution in [2.45, 2.75) is 38.1 Å². The SMILES string of the molecule is CC1(C)CC(C(=O)O)=C2Nc3ccccc3C23CCNC13. The smallest absolute Gasteiger partial charge is 0.333 e. The van der Waals surface area contributed by atoms with Crippen molar-refractivity contribution in [1.29, 1.82) is 0 Å². The number of aliphatic carboxylic acids is 1. The van der Waals surface area contributed by atoms with Crippen molar-refractivity contribution < 1.29 is 9.90 Å². The van der Waals surface area contributed by atoms with Crippen LogP contribution in [0.2, 0.25) is 0 Å². The van der Waals surface area contributed by atoms with Crippen LogP contribution < -0.4 is 10.6 Å². The minimum absolute atomic E-state index is 0.0765. The van der Waals surface area contributed by atoms with Gasteiger partial charge < -0.3 is 15.7 Å². The summed E-state index contributed by atoms with van der Waals surface area (Å²) in [6.07, 6.45) is 1.55. The Morgan fingerprint density at radius 2 is 2.10 bits per heavy atom. The lowest BCUT2D eigenvalue weighted by atomic mass is 9.58. The summed E-state index contributed by atoms with van der Waals surface area (Å²) in [4.78, 5) is 11.8. The molecule has 0 radical (unpaired) electrons. The third-order valence-electron chi connectivity index (χ3n) is 5.45. The molecule has 1 aromatic rings. The number of nitrogens with one attached hydrogen (secondary N) is 2. The molecule has 2 atom stereocenters. The Morgan fingerprint density at radius 1 is 1.33 bits per heavy atom. The number of para-hydroxylation sites is 1. The first-order valence-electron chi connectivity index (χ1n) is 7.54. The molecule has 2 unspecified atom stereocenters. The van der Waals surface area contributed by atoms with Gasteiger partial charge in [-0.15, -0.1) is 0 Å². The van der Waals surface area contributed by atoms with Gasteiger partial charge in [-0.2, -0.15) is 0 Å². The van der Waals surface area contributed by atoms with E-state index in [1.54, 1.807) is 0 Å². The van der Waals surface area contributed by atoms with Gasteiger partial charge in [-0.05, 0) is 36.4 Å². The van der Waals surface area contributed by atoms with E-state index in [2.05, 4.69) is 42.7 Å². The van der Waals surface area contributed by atoms with Crippen molar-refractivity contribution in [3.63, 3.8) is 0 Å². The van der Waals surface area contributed by atoms with Crippen LogP contribution in [0.3, 0.4) is 0 Å². The Balaban J connectivity index is 2.04. The molecule has 1 saturated heterocycles. The van der Waals surface area contributed by atoms with Crippen LogP contribution in [0, 0.1) is 5.41 Å². The maximum Gasteiger partial charge on any atom is 0.333 e. The highest BCUT2D eigenvalue weighted by molar-refractivity contribution is 5.91. The molecule has 0 saturated carbocycles. The minimum atomic E-state index is -0.789. The summed E-state index contributed by atoms with van der Waals surface area (Å²) in [6, 6.07) is 8.53. The molecule has 3 N–H and O–H groups in total. The highest BCUT2D eigenvalue weighted by atomic mass is 16.4. The third-order valence-corrected chi connectivity index (χ3v) is 5.45. The summed E-state index contributed by atoms with van der Waals surface area (Å²) in [5.74, 6) is -0.789. The van der Waals surface area contributed by atoms with Crippen molar-refractivity contribution >= 4 is 11.7 Å². The van der Waals surface area contributed by atoms with E-state index in [1.807, 2.05) is 6.07 Å². The van der Waals surface area contributed by atoms with Crippen LogP contribution >= 0.6 is 0 Å². The fourth-order valence-electron chi connectivity index (χ4n) is 4.77. The number of anilines is 1. The van der Waals surface area contributed by atoms with E-state index in [0.29, 0.717) is 12.0 Å².